The molecule has 12 heavy (non-hydrogen) atoms. The van der Waals surface area contributed by atoms with E-state index in [1.165, 1.54) is 0 Å². The summed E-state index contributed by atoms with van der Waals surface area (Å²) >= 11 is 0. The monoisotopic (exact) mass is 172 g/mol. The van der Waals surface area contributed by atoms with E-state index in [4.69, 9.17) is 16.2 Å². The summed E-state index contributed by atoms with van der Waals surface area (Å²) in [4.78, 5) is 0. The Morgan fingerprint density at radius 3 is 2.58 bits per heavy atom. The van der Waals surface area contributed by atoms with Crippen LogP contribution in [0.5, 0.6) is 0 Å². The number of hydrogen-bond donors (Lipinski definition) is 3. The normalized spacial score (nSPS) is 43.8. The Kier molecular flexibility index (Phi) is 1.88. The van der Waals surface area contributed by atoms with Gasteiger partial charge in [0.25, 0.3) is 0 Å². The number of nitrogens with two attached hydrogens (primary N) is 2. The molecule has 0 bridgehead atoms. The fraction of sp³-hybridized carbons (Fsp3) is 1.00. The van der Waals surface area contributed by atoms with Crippen LogP contribution >= 0.6 is 0 Å². The van der Waals surface area contributed by atoms with E-state index < -0.39 is 5.60 Å². The third-order valence-electron chi connectivity index (χ3n) is 3.13. The van der Waals surface area contributed by atoms with E-state index in [2.05, 4.69) is 0 Å². The molecule has 0 radical (unpaired) electrons. The minimum Gasteiger partial charge on any atom is -0.388 e. The van der Waals surface area contributed by atoms with Gasteiger partial charge in [-0.25, -0.2) is 0 Å². The van der Waals surface area contributed by atoms with E-state index >= 15 is 0 Å². The Morgan fingerprint density at radius 1 is 1.58 bits per heavy atom. The maximum absolute atomic E-state index is 9.69. The molecule has 2 fully saturated rings. The van der Waals surface area contributed by atoms with Crippen LogP contribution in [-0.4, -0.2) is 36.5 Å². The second kappa shape index (κ2) is 2.67. The van der Waals surface area contributed by atoms with Gasteiger partial charge in [-0.3, -0.25) is 0 Å². The van der Waals surface area contributed by atoms with Gasteiger partial charge in [-0.05, 0) is 6.42 Å². The molecule has 4 heteroatoms. The molecule has 3 atom stereocenters. The Morgan fingerprint density at radius 2 is 2.25 bits per heavy atom. The van der Waals surface area contributed by atoms with Crippen molar-refractivity contribution in [3.05, 3.63) is 0 Å². The summed E-state index contributed by atoms with van der Waals surface area (Å²) in [5, 5.41) is 9.69. The van der Waals surface area contributed by atoms with Crippen LogP contribution in [-0.2, 0) is 4.74 Å². The van der Waals surface area contributed by atoms with E-state index in [9.17, 15) is 5.11 Å². The highest BCUT2D eigenvalue weighted by Gasteiger charge is 2.56. The van der Waals surface area contributed by atoms with Crippen molar-refractivity contribution >= 4 is 0 Å². The maximum atomic E-state index is 9.69. The van der Waals surface area contributed by atoms with Gasteiger partial charge in [0, 0.05) is 24.4 Å². The highest BCUT2D eigenvalue weighted by atomic mass is 16.5. The van der Waals surface area contributed by atoms with Crippen LogP contribution in [0.15, 0.2) is 0 Å². The predicted octanol–water partition coefficient (Wildman–Crippen LogP) is -1.33. The lowest BCUT2D eigenvalue weighted by molar-refractivity contribution is -0.0510. The van der Waals surface area contributed by atoms with Gasteiger partial charge in [-0.15, -0.1) is 0 Å². The summed E-state index contributed by atoms with van der Waals surface area (Å²) < 4.78 is 5.04. The molecule has 1 heterocycles. The van der Waals surface area contributed by atoms with Gasteiger partial charge in [0.05, 0.1) is 18.8 Å². The van der Waals surface area contributed by atoms with E-state index in [0.29, 0.717) is 12.5 Å². The molecule has 0 aromatic heterocycles. The smallest absolute Gasteiger partial charge is 0.0817 e. The van der Waals surface area contributed by atoms with E-state index in [1.807, 2.05) is 0 Å². The number of aliphatic hydroxyl groups is 1. The zero-order chi connectivity index (χ0) is 8.77. The van der Waals surface area contributed by atoms with Crippen LogP contribution in [0, 0.1) is 11.8 Å². The first-order chi connectivity index (χ1) is 5.67. The molecule has 70 valence electrons. The Balaban J connectivity index is 1.86. The number of hydrogen-bond acceptors (Lipinski definition) is 4. The maximum Gasteiger partial charge on any atom is 0.0817 e. The first kappa shape index (κ1) is 8.44. The lowest BCUT2D eigenvalue weighted by Gasteiger charge is -2.32. The summed E-state index contributed by atoms with van der Waals surface area (Å²) in [6, 6.07) is 0.0762. The van der Waals surface area contributed by atoms with Gasteiger partial charge in [0.1, 0.15) is 0 Å². The van der Waals surface area contributed by atoms with Crippen molar-refractivity contribution < 1.29 is 9.84 Å². The first-order valence-electron chi connectivity index (χ1n) is 4.43. The highest BCUT2D eigenvalue weighted by Crippen LogP contribution is 2.46. The third kappa shape index (κ3) is 1.15. The second-order valence-corrected chi connectivity index (χ2v) is 3.99. The van der Waals surface area contributed by atoms with Crippen LogP contribution in [0.2, 0.25) is 0 Å². The lowest BCUT2D eigenvalue weighted by atomic mass is 9.93. The largest absolute Gasteiger partial charge is 0.388 e. The van der Waals surface area contributed by atoms with Crippen molar-refractivity contribution in [1.29, 1.82) is 0 Å². The van der Waals surface area contributed by atoms with Crippen molar-refractivity contribution in [3.8, 4) is 0 Å². The molecule has 0 amide bonds. The molecule has 2 rings (SSSR count). The van der Waals surface area contributed by atoms with Crippen molar-refractivity contribution in [2.24, 2.45) is 23.3 Å². The predicted molar refractivity (Wildman–Crippen MR) is 44.4 cm³/mol. The molecule has 1 saturated carbocycles. The van der Waals surface area contributed by atoms with E-state index in [-0.39, 0.29) is 12.0 Å². The van der Waals surface area contributed by atoms with Crippen molar-refractivity contribution in [3.63, 3.8) is 0 Å². The summed E-state index contributed by atoms with van der Waals surface area (Å²) in [5.41, 5.74) is 10.7. The van der Waals surface area contributed by atoms with E-state index in [1.54, 1.807) is 0 Å². The average Bonchev–Trinajstić information content (AvgIpc) is 2.60. The van der Waals surface area contributed by atoms with Crippen molar-refractivity contribution in [2.75, 3.05) is 19.8 Å². The zero-order valence-corrected chi connectivity index (χ0v) is 7.07. The summed E-state index contributed by atoms with van der Waals surface area (Å²) in [6.07, 6.45) is 0.765. The Labute approximate surface area is 71.9 Å². The molecule has 2 aliphatic rings. The zero-order valence-electron chi connectivity index (χ0n) is 7.07. The third-order valence-corrected chi connectivity index (χ3v) is 3.13. The van der Waals surface area contributed by atoms with Crippen LogP contribution < -0.4 is 11.5 Å². The van der Waals surface area contributed by atoms with Crippen LogP contribution in [0.1, 0.15) is 6.42 Å². The summed E-state index contributed by atoms with van der Waals surface area (Å²) in [5.74, 6) is 0.645. The van der Waals surface area contributed by atoms with Gasteiger partial charge >= 0.3 is 0 Å². The molecule has 1 aliphatic carbocycles. The molecule has 5 N–H and O–H groups in total. The molecular weight excluding hydrogens is 156 g/mol. The minimum absolute atomic E-state index is 0.0762. The second-order valence-electron chi connectivity index (χ2n) is 3.99. The topological polar surface area (TPSA) is 81.5 Å². The molecule has 3 unspecified atom stereocenters. The first-order valence-corrected chi connectivity index (χ1v) is 4.43. The lowest BCUT2D eigenvalue weighted by Crippen LogP contribution is -2.46. The van der Waals surface area contributed by atoms with E-state index in [0.717, 1.165) is 19.6 Å². The fourth-order valence-electron chi connectivity index (χ4n) is 1.86. The molecule has 0 spiro atoms. The standard InChI is InChI=1S/C8H16N2O2/c9-4-8(11)1-6(8)7(10)5-2-12-3-5/h5-7,11H,1-4,9-10H2. The Hall–Kier alpha value is -0.160. The minimum atomic E-state index is -0.658. The SMILES string of the molecule is NCC1(O)CC1C(N)C1COC1. The van der Waals surface area contributed by atoms with Crippen LogP contribution in [0.25, 0.3) is 0 Å². The van der Waals surface area contributed by atoms with Gasteiger partial charge in [0.15, 0.2) is 0 Å². The van der Waals surface area contributed by atoms with Gasteiger partial charge < -0.3 is 21.3 Å². The molecule has 1 aliphatic heterocycles. The summed E-state index contributed by atoms with van der Waals surface area (Å²) in [7, 11) is 0. The number of ether oxygens (including phenoxy) is 1. The molecular formula is C8H16N2O2. The summed E-state index contributed by atoms with van der Waals surface area (Å²) in [6.45, 7) is 1.83. The van der Waals surface area contributed by atoms with Crippen molar-refractivity contribution in [2.45, 2.75) is 18.1 Å². The van der Waals surface area contributed by atoms with Crippen LogP contribution in [0.4, 0.5) is 0 Å². The Bertz CT molecular complexity index is 184. The average molecular weight is 172 g/mol. The molecule has 0 aromatic carbocycles. The number of rotatable bonds is 3. The van der Waals surface area contributed by atoms with Gasteiger partial charge in [-0.2, -0.15) is 0 Å². The van der Waals surface area contributed by atoms with Crippen molar-refractivity contribution in [1.82, 2.24) is 0 Å². The van der Waals surface area contributed by atoms with Gasteiger partial charge in [-0.1, -0.05) is 0 Å². The fourth-order valence-corrected chi connectivity index (χ4v) is 1.86. The molecule has 4 nitrogen and oxygen atoms in total. The van der Waals surface area contributed by atoms with Crippen LogP contribution in [0.3, 0.4) is 0 Å². The molecule has 1 saturated heterocycles. The van der Waals surface area contributed by atoms with Gasteiger partial charge in [0.2, 0.25) is 0 Å². The molecule has 0 aromatic rings. The quantitative estimate of drug-likeness (QED) is 0.492. The highest BCUT2D eigenvalue weighted by molar-refractivity contribution is 5.10.